The molecule has 0 aliphatic carbocycles. The second kappa shape index (κ2) is 10.6. The number of halogens is 3. The van der Waals surface area contributed by atoms with Gasteiger partial charge >= 0.3 is 0 Å². The van der Waals surface area contributed by atoms with Gasteiger partial charge in [0.15, 0.2) is 5.17 Å². The molecule has 0 spiro atoms. The van der Waals surface area contributed by atoms with Gasteiger partial charge in [0.2, 0.25) is 0 Å². The zero-order valence-electron chi connectivity index (χ0n) is 16.9. The molecule has 0 radical (unpaired) electrons. The first-order valence-electron chi connectivity index (χ1n) is 9.60. The second-order valence-electron chi connectivity index (χ2n) is 7.00. The summed E-state index contributed by atoms with van der Waals surface area (Å²) in [6.45, 7) is 2.45. The van der Waals surface area contributed by atoms with Gasteiger partial charge in [-0.2, -0.15) is 0 Å². The summed E-state index contributed by atoms with van der Waals surface area (Å²) in [6, 6.07) is 19.7. The molecule has 1 saturated heterocycles. The van der Waals surface area contributed by atoms with Gasteiger partial charge < -0.3 is 10.1 Å². The van der Waals surface area contributed by atoms with Crippen molar-refractivity contribution in [3.63, 3.8) is 0 Å². The van der Waals surface area contributed by atoms with E-state index >= 15 is 0 Å². The van der Waals surface area contributed by atoms with Crippen molar-refractivity contribution in [3.05, 3.63) is 94.4 Å². The molecule has 1 amide bonds. The van der Waals surface area contributed by atoms with Crippen LogP contribution in [0.25, 0.3) is 6.08 Å². The lowest BCUT2D eigenvalue weighted by atomic mass is 10.2. The van der Waals surface area contributed by atoms with Crippen LogP contribution in [-0.4, -0.2) is 11.1 Å². The van der Waals surface area contributed by atoms with Gasteiger partial charge in [0, 0.05) is 5.02 Å². The van der Waals surface area contributed by atoms with Gasteiger partial charge in [0.05, 0.1) is 17.7 Å². The molecule has 8 heteroatoms. The summed E-state index contributed by atoms with van der Waals surface area (Å²) in [7, 11) is 0. The number of ether oxygens (including phenoxy) is 1. The Balaban J connectivity index is 1.51. The Kier molecular flexibility index (Phi) is 7.80. The van der Waals surface area contributed by atoms with Crippen LogP contribution in [0, 0.1) is 14.1 Å². The molecule has 1 aliphatic heterocycles. The minimum Gasteiger partial charge on any atom is -0.487 e. The third kappa shape index (κ3) is 5.86. The number of hydrogen-bond acceptors (Lipinski definition) is 4. The van der Waals surface area contributed by atoms with Crippen molar-refractivity contribution >= 4 is 91.4 Å². The highest BCUT2D eigenvalue weighted by Gasteiger charge is 2.24. The molecule has 1 fully saturated rings. The second-order valence-corrected chi connectivity index (χ2v) is 10.8. The molecule has 0 atom stereocenters. The van der Waals surface area contributed by atoms with E-state index in [1.807, 2.05) is 67.6 Å². The van der Waals surface area contributed by atoms with Crippen molar-refractivity contribution in [2.75, 3.05) is 0 Å². The van der Waals surface area contributed by atoms with Gasteiger partial charge in [-0.1, -0.05) is 48.0 Å². The van der Waals surface area contributed by atoms with Gasteiger partial charge in [-0.25, -0.2) is 4.99 Å². The quantitative estimate of drug-likeness (QED) is 0.226. The topological polar surface area (TPSA) is 50.7 Å². The van der Waals surface area contributed by atoms with Crippen molar-refractivity contribution in [1.82, 2.24) is 5.32 Å². The predicted molar refractivity (Wildman–Crippen MR) is 150 cm³/mol. The van der Waals surface area contributed by atoms with E-state index in [4.69, 9.17) is 16.3 Å². The average Bonchev–Trinajstić information content (AvgIpc) is 3.09. The highest BCUT2D eigenvalue weighted by Crippen LogP contribution is 2.33. The monoisotopic (exact) mass is 686 g/mol. The minimum atomic E-state index is -0.165. The Morgan fingerprint density at radius 3 is 2.50 bits per heavy atom. The number of carbonyl (C=O) groups is 1. The van der Waals surface area contributed by atoms with Crippen molar-refractivity contribution in [3.8, 4) is 5.75 Å². The number of nitrogens with zero attached hydrogens (tertiary/aromatic N) is 1. The first-order valence-corrected chi connectivity index (χ1v) is 13.0. The number of amides is 1. The minimum absolute atomic E-state index is 0.165. The number of nitrogens with one attached hydrogen (secondary N) is 1. The lowest BCUT2D eigenvalue weighted by Crippen LogP contribution is -2.19. The van der Waals surface area contributed by atoms with E-state index in [2.05, 4.69) is 55.5 Å². The maximum Gasteiger partial charge on any atom is 0.264 e. The molecule has 0 unspecified atom stereocenters. The zero-order valence-corrected chi connectivity index (χ0v) is 22.8. The van der Waals surface area contributed by atoms with Gasteiger partial charge in [0.1, 0.15) is 12.4 Å². The molecule has 1 heterocycles. The molecule has 4 rings (SSSR count). The van der Waals surface area contributed by atoms with Crippen LogP contribution in [0.5, 0.6) is 5.75 Å². The summed E-state index contributed by atoms with van der Waals surface area (Å²) in [5, 5.41) is 4.00. The molecule has 0 saturated carbocycles. The maximum atomic E-state index is 12.5. The molecule has 1 aliphatic rings. The van der Waals surface area contributed by atoms with Crippen molar-refractivity contribution in [2.45, 2.75) is 13.5 Å². The lowest BCUT2D eigenvalue weighted by Gasteiger charge is -2.11. The normalized spacial score (nSPS) is 15.9. The van der Waals surface area contributed by atoms with Gasteiger partial charge in [-0.3, -0.25) is 4.79 Å². The van der Waals surface area contributed by atoms with Crippen LogP contribution >= 0.6 is 68.5 Å². The smallest absolute Gasteiger partial charge is 0.264 e. The summed E-state index contributed by atoms with van der Waals surface area (Å²) < 4.78 is 8.03. The van der Waals surface area contributed by atoms with E-state index in [0.29, 0.717) is 27.4 Å². The van der Waals surface area contributed by atoms with Gasteiger partial charge in [-0.15, -0.1) is 0 Å². The standard InChI is InChI=1S/C24H17ClI2N2O2S/c1-14-7-8-17(12-18(14)25)28-24-29-23(30)21(32-24)11-16-9-19(26)22(20(27)10-16)31-13-15-5-3-2-4-6-15/h2-12H,13H2,1H3,(H,28,29,30)/b21-11-. The molecule has 162 valence electrons. The SMILES string of the molecule is Cc1ccc(N=C2NC(=O)/C(=C/c3cc(I)c(OCc4ccccc4)c(I)c3)S2)cc1Cl. The van der Waals surface area contributed by atoms with Crippen LogP contribution in [0.1, 0.15) is 16.7 Å². The zero-order chi connectivity index (χ0) is 22.7. The summed E-state index contributed by atoms with van der Waals surface area (Å²) in [5.74, 6) is 0.681. The molecule has 4 nitrogen and oxygen atoms in total. The molecule has 0 aromatic heterocycles. The Bertz CT molecular complexity index is 1220. The number of benzene rings is 3. The Hall–Kier alpha value is -1.56. The summed E-state index contributed by atoms with van der Waals surface area (Å²) in [5.41, 5.74) is 3.74. The first kappa shape index (κ1) is 23.6. The molecule has 0 bridgehead atoms. The highest BCUT2D eigenvalue weighted by atomic mass is 127. The fraction of sp³-hybridized carbons (Fsp3) is 0.0833. The third-order valence-electron chi connectivity index (χ3n) is 4.58. The number of rotatable bonds is 5. The molecule has 32 heavy (non-hydrogen) atoms. The third-order valence-corrected chi connectivity index (χ3v) is 7.50. The number of thioether (sulfide) groups is 1. The summed E-state index contributed by atoms with van der Waals surface area (Å²) >= 11 is 12.0. The number of amidine groups is 1. The molecular formula is C24H17ClI2N2O2S. The number of hydrogen-bond donors (Lipinski definition) is 1. The fourth-order valence-electron chi connectivity index (χ4n) is 2.93. The van der Waals surface area contributed by atoms with Crippen molar-refractivity contribution in [1.29, 1.82) is 0 Å². The van der Waals surface area contributed by atoms with E-state index in [-0.39, 0.29) is 5.91 Å². The average molecular weight is 687 g/mol. The van der Waals surface area contributed by atoms with Crippen LogP contribution in [0.4, 0.5) is 5.69 Å². The van der Waals surface area contributed by atoms with E-state index in [0.717, 1.165) is 29.6 Å². The Morgan fingerprint density at radius 2 is 1.81 bits per heavy atom. The molecule has 3 aromatic carbocycles. The van der Waals surface area contributed by atoms with Gasteiger partial charge in [0.25, 0.3) is 5.91 Å². The van der Waals surface area contributed by atoms with Crippen LogP contribution in [0.2, 0.25) is 5.02 Å². The number of carbonyl (C=O) groups excluding carboxylic acids is 1. The number of aryl methyl sites for hydroxylation is 1. The van der Waals surface area contributed by atoms with Crippen LogP contribution in [0.15, 0.2) is 70.6 Å². The summed E-state index contributed by atoms with van der Waals surface area (Å²) in [4.78, 5) is 17.6. The molecule has 1 N–H and O–H groups in total. The van der Waals surface area contributed by atoms with E-state index < -0.39 is 0 Å². The molecule has 3 aromatic rings. The predicted octanol–water partition coefficient (Wildman–Crippen LogP) is 7.33. The number of aliphatic imine (C=N–C) groups is 1. The van der Waals surface area contributed by atoms with E-state index in [1.54, 1.807) is 6.07 Å². The van der Waals surface area contributed by atoms with Crippen molar-refractivity contribution < 1.29 is 9.53 Å². The lowest BCUT2D eigenvalue weighted by molar-refractivity contribution is -0.115. The highest BCUT2D eigenvalue weighted by molar-refractivity contribution is 14.1. The van der Waals surface area contributed by atoms with E-state index in [9.17, 15) is 4.79 Å². The fourth-order valence-corrected chi connectivity index (χ4v) is 6.08. The Morgan fingerprint density at radius 1 is 1.09 bits per heavy atom. The van der Waals surface area contributed by atoms with Crippen LogP contribution in [-0.2, 0) is 11.4 Å². The summed E-state index contributed by atoms with van der Waals surface area (Å²) in [6.07, 6.45) is 1.87. The van der Waals surface area contributed by atoms with E-state index in [1.165, 1.54) is 11.8 Å². The molecular weight excluding hydrogens is 670 g/mol. The first-order chi connectivity index (χ1) is 15.4. The maximum absolute atomic E-state index is 12.5. The largest absolute Gasteiger partial charge is 0.487 e. The Labute approximate surface area is 223 Å². The van der Waals surface area contributed by atoms with Crippen LogP contribution in [0.3, 0.4) is 0 Å². The van der Waals surface area contributed by atoms with Gasteiger partial charge in [-0.05, 0) is 111 Å². The van der Waals surface area contributed by atoms with Crippen molar-refractivity contribution in [2.24, 2.45) is 4.99 Å². The van der Waals surface area contributed by atoms with Crippen LogP contribution < -0.4 is 10.1 Å².